The Bertz CT molecular complexity index is 1120. The molecule has 1 aliphatic heterocycles. The second-order valence-corrected chi connectivity index (χ2v) is 6.93. The maximum atomic E-state index is 13.8. The number of hydrogen-bond acceptors (Lipinski definition) is 3. The molecule has 1 unspecified atom stereocenters. The lowest BCUT2D eigenvalue weighted by atomic mass is 9.95. The maximum absolute atomic E-state index is 13.8. The van der Waals surface area contributed by atoms with E-state index in [0.717, 1.165) is 5.56 Å². The Balaban J connectivity index is 1.94. The van der Waals surface area contributed by atoms with Crippen LogP contribution in [0.4, 0.5) is 10.1 Å². The van der Waals surface area contributed by atoms with Crippen LogP contribution >= 0.6 is 0 Å². The number of rotatable bonds is 3. The first kappa shape index (κ1) is 18.6. The number of halogens is 1. The fourth-order valence-corrected chi connectivity index (χ4v) is 3.54. The molecule has 1 heterocycles. The van der Waals surface area contributed by atoms with Crippen molar-refractivity contribution in [2.45, 2.75) is 13.0 Å². The summed E-state index contributed by atoms with van der Waals surface area (Å²) in [5.74, 6) is -2.38. The predicted molar refractivity (Wildman–Crippen MR) is 109 cm³/mol. The number of Topliss-reactive ketones (excluding diaryl/α,β-unsaturated/α-hetero) is 1. The van der Waals surface area contributed by atoms with Crippen molar-refractivity contribution < 1.29 is 19.1 Å². The zero-order chi connectivity index (χ0) is 20.5. The molecular formula is C24H18FNO3. The minimum Gasteiger partial charge on any atom is -0.507 e. The number of amides is 1. The molecule has 1 atom stereocenters. The lowest BCUT2D eigenvalue weighted by Crippen LogP contribution is -2.29. The van der Waals surface area contributed by atoms with E-state index in [0.29, 0.717) is 11.1 Å². The second kappa shape index (κ2) is 7.36. The van der Waals surface area contributed by atoms with E-state index in [9.17, 15) is 19.1 Å². The summed E-state index contributed by atoms with van der Waals surface area (Å²) < 4.78 is 13.8. The molecule has 3 aromatic rings. The highest BCUT2D eigenvalue weighted by molar-refractivity contribution is 6.51. The van der Waals surface area contributed by atoms with Gasteiger partial charge in [-0.3, -0.25) is 14.5 Å². The highest BCUT2D eigenvalue weighted by atomic mass is 19.1. The van der Waals surface area contributed by atoms with Gasteiger partial charge in [-0.05, 0) is 30.7 Å². The van der Waals surface area contributed by atoms with Gasteiger partial charge in [0.15, 0.2) is 0 Å². The number of aliphatic hydroxyl groups is 1. The summed E-state index contributed by atoms with van der Waals surface area (Å²) in [6.45, 7) is 1.91. The van der Waals surface area contributed by atoms with Crippen LogP contribution in [-0.4, -0.2) is 16.8 Å². The molecule has 0 aliphatic carbocycles. The van der Waals surface area contributed by atoms with Gasteiger partial charge in [0.1, 0.15) is 11.6 Å². The van der Waals surface area contributed by atoms with Crippen LogP contribution in [0.2, 0.25) is 0 Å². The molecule has 1 saturated heterocycles. The van der Waals surface area contributed by atoms with Gasteiger partial charge >= 0.3 is 0 Å². The van der Waals surface area contributed by atoms with Crippen molar-refractivity contribution in [3.63, 3.8) is 0 Å². The van der Waals surface area contributed by atoms with Crippen molar-refractivity contribution in [3.05, 3.63) is 107 Å². The van der Waals surface area contributed by atoms with Crippen LogP contribution in [0.5, 0.6) is 0 Å². The summed E-state index contributed by atoms with van der Waals surface area (Å²) in [4.78, 5) is 27.1. The monoisotopic (exact) mass is 387 g/mol. The first-order valence-electron chi connectivity index (χ1n) is 9.16. The Morgan fingerprint density at radius 1 is 0.931 bits per heavy atom. The highest BCUT2D eigenvalue weighted by Crippen LogP contribution is 2.42. The molecule has 1 aliphatic rings. The van der Waals surface area contributed by atoms with Gasteiger partial charge in [-0.2, -0.15) is 0 Å². The fourth-order valence-electron chi connectivity index (χ4n) is 3.54. The van der Waals surface area contributed by atoms with E-state index >= 15 is 0 Å². The van der Waals surface area contributed by atoms with E-state index in [-0.39, 0.29) is 17.0 Å². The topological polar surface area (TPSA) is 57.6 Å². The minimum absolute atomic E-state index is 0.0192. The SMILES string of the molecule is Cc1ccc(/C(O)=C2\C(=O)C(=O)N(c3cccc(F)c3)C2c2ccccc2)cc1. The normalized spacial score (nSPS) is 18.3. The third-order valence-electron chi connectivity index (χ3n) is 4.97. The number of anilines is 1. The van der Waals surface area contributed by atoms with Crippen LogP contribution in [0.25, 0.3) is 5.76 Å². The Hall–Kier alpha value is -3.73. The molecule has 0 aromatic heterocycles. The zero-order valence-corrected chi connectivity index (χ0v) is 15.7. The number of carbonyl (C=O) groups excluding carboxylic acids is 2. The van der Waals surface area contributed by atoms with Crippen LogP contribution in [0.1, 0.15) is 22.7 Å². The first-order valence-corrected chi connectivity index (χ1v) is 9.16. The Kier molecular flexibility index (Phi) is 4.72. The minimum atomic E-state index is -0.862. The van der Waals surface area contributed by atoms with Gasteiger partial charge in [0.25, 0.3) is 11.7 Å². The van der Waals surface area contributed by atoms with Crippen LogP contribution in [0, 0.1) is 12.7 Å². The number of carbonyl (C=O) groups is 2. The van der Waals surface area contributed by atoms with Crippen LogP contribution in [-0.2, 0) is 9.59 Å². The molecule has 1 fully saturated rings. The van der Waals surface area contributed by atoms with Crippen molar-refractivity contribution in [2.24, 2.45) is 0 Å². The number of aliphatic hydroxyl groups excluding tert-OH is 1. The maximum Gasteiger partial charge on any atom is 0.300 e. The van der Waals surface area contributed by atoms with Crippen molar-refractivity contribution in [1.29, 1.82) is 0 Å². The van der Waals surface area contributed by atoms with Crippen molar-refractivity contribution >= 4 is 23.1 Å². The Morgan fingerprint density at radius 2 is 1.62 bits per heavy atom. The van der Waals surface area contributed by atoms with E-state index in [1.807, 2.05) is 25.1 Å². The average molecular weight is 387 g/mol. The summed E-state index contributed by atoms with van der Waals surface area (Å²) in [5, 5.41) is 11.0. The predicted octanol–water partition coefficient (Wildman–Crippen LogP) is 4.76. The summed E-state index contributed by atoms with van der Waals surface area (Å²) >= 11 is 0. The van der Waals surface area contributed by atoms with E-state index < -0.39 is 23.5 Å². The van der Waals surface area contributed by atoms with Gasteiger partial charge in [0.2, 0.25) is 0 Å². The first-order chi connectivity index (χ1) is 14.0. The number of benzene rings is 3. The van der Waals surface area contributed by atoms with Crippen LogP contribution < -0.4 is 4.90 Å². The zero-order valence-electron chi connectivity index (χ0n) is 15.7. The van der Waals surface area contributed by atoms with Crippen LogP contribution in [0.15, 0.2) is 84.4 Å². The lowest BCUT2D eigenvalue weighted by Gasteiger charge is -2.25. The molecule has 1 amide bonds. The molecule has 0 saturated carbocycles. The largest absolute Gasteiger partial charge is 0.507 e. The molecule has 29 heavy (non-hydrogen) atoms. The van der Waals surface area contributed by atoms with E-state index in [1.54, 1.807) is 42.5 Å². The molecule has 144 valence electrons. The third kappa shape index (κ3) is 3.31. The van der Waals surface area contributed by atoms with Gasteiger partial charge in [-0.25, -0.2) is 4.39 Å². The molecule has 4 nitrogen and oxygen atoms in total. The molecule has 3 aromatic carbocycles. The fraction of sp³-hybridized carbons (Fsp3) is 0.0833. The molecule has 0 radical (unpaired) electrons. The van der Waals surface area contributed by atoms with E-state index in [4.69, 9.17) is 0 Å². The van der Waals surface area contributed by atoms with E-state index in [2.05, 4.69) is 0 Å². The number of aryl methyl sites for hydroxylation is 1. The smallest absolute Gasteiger partial charge is 0.300 e. The average Bonchev–Trinajstić information content (AvgIpc) is 2.99. The number of hydrogen-bond donors (Lipinski definition) is 1. The Morgan fingerprint density at radius 3 is 2.28 bits per heavy atom. The summed E-state index contributed by atoms with van der Waals surface area (Å²) in [5.41, 5.74) is 2.32. The standard InChI is InChI=1S/C24H18FNO3/c1-15-10-12-17(13-11-15)22(27)20-21(16-6-3-2-4-7-16)26(24(29)23(20)28)19-9-5-8-18(25)14-19/h2-14,21,27H,1H3/b22-20+. The Labute approximate surface area is 167 Å². The molecule has 4 rings (SSSR count). The van der Waals surface area contributed by atoms with Gasteiger partial charge in [0.05, 0.1) is 11.6 Å². The molecule has 0 bridgehead atoms. The molecular weight excluding hydrogens is 369 g/mol. The molecule has 5 heteroatoms. The van der Waals surface area contributed by atoms with Crippen molar-refractivity contribution in [2.75, 3.05) is 4.90 Å². The lowest BCUT2D eigenvalue weighted by molar-refractivity contribution is -0.132. The second-order valence-electron chi connectivity index (χ2n) is 6.93. The van der Waals surface area contributed by atoms with Crippen molar-refractivity contribution in [1.82, 2.24) is 0 Å². The summed E-state index contributed by atoms with van der Waals surface area (Å²) in [6, 6.07) is 20.6. The number of nitrogens with zero attached hydrogens (tertiary/aromatic N) is 1. The van der Waals surface area contributed by atoms with Gasteiger partial charge in [-0.15, -0.1) is 0 Å². The van der Waals surface area contributed by atoms with Gasteiger partial charge in [0, 0.05) is 11.3 Å². The van der Waals surface area contributed by atoms with Crippen molar-refractivity contribution in [3.8, 4) is 0 Å². The quantitative estimate of drug-likeness (QED) is 0.400. The third-order valence-corrected chi connectivity index (χ3v) is 4.97. The summed E-state index contributed by atoms with van der Waals surface area (Å²) in [6.07, 6.45) is 0. The van der Waals surface area contributed by atoms with Crippen LogP contribution in [0.3, 0.4) is 0 Å². The van der Waals surface area contributed by atoms with E-state index in [1.165, 1.54) is 23.1 Å². The molecule has 1 N–H and O–H groups in total. The van der Waals surface area contributed by atoms with Gasteiger partial charge < -0.3 is 5.11 Å². The molecule has 0 spiro atoms. The van der Waals surface area contributed by atoms with Gasteiger partial charge in [-0.1, -0.05) is 66.2 Å². The summed E-state index contributed by atoms with van der Waals surface area (Å²) in [7, 11) is 0. The highest BCUT2D eigenvalue weighted by Gasteiger charge is 2.46. The number of ketones is 1.